The summed E-state index contributed by atoms with van der Waals surface area (Å²) in [5.41, 5.74) is 0. The quantitative estimate of drug-likeness (QED) is 0.0454. The molecule has 0 fully saturated rings. The van der Waals surface area contributed by atoms with Gasteiger partial charge in [-0.15, -0.1) is 0 Å². The molecule has 0 aromatic heterocycles. The van der Waals surface area contributed by atoms with E-state index >= 15 is 0 Å². The van der Waals surface area contributed by atoms with Crippen molar-refractivity contribution < 1.29 is 14.2 Å². The molecule has 0 saturated carbocycles. The van der Waals surface area contributed by atoms with Gasteiger partial charge in [0.25, 0.3) is 0 Å². The lowest BCUT2D eigenvalue weighted by molar-refractivity contribution is -0.168. The highest BCUT2D eigenvalue weighted by molar-refractivity contribution is 5.02. The van der Waals surface area contributed by atoms with Gasteiger partial charge in [-0.1, -0.05) is 153 Å². The molecule has 0 bridgehead atoms. The maximum absolute atomic E-state index is 6.17. The van der Waals surface area contributed by atoms with E-state index in [4.69, 9.17) is 14.2 Å². The standard InChI is InChI=1S/C38H70O3/c1-5-9-13-15-17-19-21-23-25-29-33-37(31-27-11-7-3)40-35-39-36-41-38(32-28-12-8-4)34-30-26-24-22-20-18-16-14-10-6-2/h15-22,37-38H,5-14,23-36H2,1-4H3. The van der Waals surface area contributed by atoms with E-state index in [-0.39, 0.29) is 0 Å². The molecule has 3 nitrogen and oxygen atoms in total. The van der Waals surface area contributed by atoms with Crippen molar-refractivity contribution in [2.75, 3.05) is 13.6 Å². The third-order valence-electron chi connectivity index (χ3n) is 7.54. The number of hydrogen-bond donors (Lipinski definition) is 0. The summed E-state index contributed by atoms with van der Waals surface area (Å²) in [6, 6.07) is 0. The molecule has 41 heavy (non-hydrogen) atoms. The van der Waals surface area contributed by atoms with E-state index in [0.29, 0.717) is 25.8 Å². The Labute approximate surface area is 257 Å². The number of rotatable bonds is 32. The maximum Gasteiger partial charge on any atom is 0.149 e. The molecular weight excluding hydrogens is 504 g/mol. The van der Waals surface area contributed by atoms with E-state index in [9.17, 15) is 0 Å². The summed E-state index contributed by atoms with van der Waals surface area (Å²) < 4.78 is 18.2. The highest BCUT2D eigenvalue weighted by atomic mass is 16.7. The van der Waals surface area contributed by atoms with Crippen molar-refractivity contribution in [1.29, 1.82) is 0 Å². The zero-order chi connectivity index (χ0) is 29.9. The summed E-state index contributed by atoms with van der Waals surface area (Å²) in [6.07, 6.45) is 45.3. The molecule has 240 valence electrons. The van der Waals surface area contributed by atoms with Gasteiger partial charge >= 0.3 is 0 Å². The van der Waals surface area contributed by atoms with Crippen molar-refractivity contribution in [3.63, 3.8) is 0 Å². The molecule has 3 heteroatoms. The Hall–Kier alpha value is -1.16. The third kappa shape index (κ3) is 31.6. The first-order valence-electron chi connectivity index (χ1n) is 17.7. The Balaban J connectivity index is 4.23. The summed E-state index contributed by atoms with van der Waals surface area (Å²) in [6.45, 7) is 9.70. The first-order valence-corrected chi connectivity index (χ1v) is 17.7. The lowest BCUT2D eigenvalue weighted by Crippen LogP contribution is -2.19. The molecule has 0 aliphatic carbocycles. The number of ether oxygens (including phenoxy) is 3. The van der Waals surface area contributed by atoms with Gasteiger partial charge in [-0.25, -0.2) is 0 Å². The minimum absolute atomic E-state index is 0.300. The van der Waals surface area contributed by atoms with Gasteiger partial charge in [0.1, 0.15) is 13.6 Å². The fourth-order valence-corrected chi connectivity index (χ4v) is 4.80. The molecule has 0 radical (unpaired) electrons. The molecule has 0 rings (SSSR count). The molecule has 0 aliphatic heterocycles. The van der Waals surface area contributed by atoms with Gasteiger partial charge in [0.15, 0.2) is 0 Å². The maximum atomic E-state index is 6.17. The monoisotopic (exact) mass is 575 g/mol. The summed E-state index contributed by atoms with van der Waals surface area (Å²) in [5, 5.41) is 0. The first-order chi connectivity index (χ1) is 20.3. The molecular formula is C38H70O3. The molecule has 0 spiro atoms. The van der Waals surface area contributed by atoms with E-state index in [1.165, 1.54) is 103 Å². The summed E-state index contributed by atoms with van der Waals surface area (Å²) in [7, 11) is 0. The zero-order valence-corrected chi connectivity index (χ0v) is 28.0. The van der Waals surface area contributed by atoms with Gasteiger partial charge in [-0.05, 0) is 64.2 Å². The topological polar surface area (TPSA) is 27.7 Å². The highest BCUT2D eigenvalue weighted by Crippen LogP contribution is 2.17. The van der Waals surface area contributed by atoms with E-state index in [2.05, 4.69) is 76.3 Å². The van der Waals surface area contributed by atoms with Crippen LogP contribution in [0, 0.1) is 0 Å². The molecule has 0 aliphatic rings. The largest absolute Gasteiger partial charge is 0.352 e. The van der Waals surface area contributed by atoms with Crippen LogP contribution in [0.4, 0.5) is 0 Å². The summed E-state index contributed by atoms with van der Waals surface area (Å²) in [5.74, 6) is 0. The number of allylic oxidation sites excluding steroid dienone is 8. The van der Waals surface area contributed by atoms with Crippen LogP contribution in [0.2, 0.25) is 0 Å². The van der Waals surface area contributed by atoms with Crippen LogP contribution in [0.25, 0.3) is 0 Å². The molecule has 0 amide bonds. The van der Waals surface area contributed by atoms with Crippen molar-refractivity contribution in [1.82, 2.24) is 0 Å². The Morgan fingerprint density at radius 1 is 0.390 bits per heavy atom. The highest BCUT2D eigenvalue weighted by Gasteiger charge is 2.11. The van der Waals surface area contributed by atoms with Crippen LogP contribution in [-0.2, 0) is 14.2 Å². The van der Waals surface area contributed by atoms with Crippen molar-refractivity contribution in [2.45, 2.75) is 181 Å². The molecule has 0 heterocycles. The normalized spacial score (nSPS) is 14.0. The SMILES string of the molecule is CCCCC=CC=CCCCCC(CCCCC)OCOCOC(CCCCC)CCCCC=CC=CCCCC. The molecule has 0 aromatic rings. The Kier molecular flexibility index (Phi) is 34.0. The van der Waals surface area contributed by atoms with Crippen molar-refractivity contribution in [3.8, 4) is 0 Å². The first kappa shape index (κ1) is 39.8. The minimum atomic E-state index is 0.300. The minimum Gasteiger partial charge on any atom is -0.352 e. The Morgan fingerprint density at radius 2 is 0.707 bits per heavy atom. The fourth-order valence-electron chi connectivity index (χ4n) is 4.80. The van der Waals surface area contributed by atoms with Crippen LogP contribution in [0.3, 0.4) is 0 Å². The Bertz CT molecular complexity index is 555. The smallest absolute Gasteiger partial charge is 0.149 e. The van der Waals surface area contributed by atoms with Crippen LogP contribution < -0.4 is 0 Å². The van der Waals surface area contributed by atoms with Crippen LogP contribution in [0.15, 0.2) is 48.6 Å². The van der Waals surface area contributed by atoms with Crippen molar-refractivity contribution >= 4 is 0 Å². The lowest BCUT2D eigenvalue weighted by atomic mass is 10.0. The van der Waals surface area contributed by atoms with Crippen molar-refractivity contribution in [3.05, 3.63) is 48.6 Å². The average molecular weight is 575 g/mol. The van der Waals surface area contributed by atoms with Crippen molar-refractivity contribution in [2.24, 2.45) is 0 Å². The molecule has 0 aromatic carbocycles. The van der Waals surface area contributed by atoms with Gasteiger partial charge in [0.05, 0.1) is 12.2 Å². The second kappa shape index (κ2) is 35.0. The zero-order valence-electron chi connectivity index (χ0n) is 28.0. The second-order valence-corrected chi connectivity index (χ2v) is 11.6. The van der Waals surface area contributed by atoms with Gasteiger partial charge in [0, 0.05) is 0 Å². The number of unbranched alkanes of at least 4 members (excludes halogenated alkanes) is 12. The van der Waals surface area contributed by atoms with Crippen LogP contribution in [0.1, 0.15) is 169 Å². The van der Waals surface area contributed by atoms with E-state index < -0.39 is 0 Å². The van der Waals surface area contributed by atoms with Crippen LogP contribution in [0.5, 0.6) is 0 Å². The fraction of sp³-hybridized carbons (Fsp3) is 0.789. The molecule has 2 unspecified atom stereocenters. The van der Waals surface area contributed by atoms with E-state index in [1.54, 1.807) is 0 Å². The lowest BCUT2D eigenvalue weighted by Gasteiger charge is -2.20. The molecule has 0 saturated heterocycles. The Morgan fingerprint density at radius 3 is 1.05 bits per heavy atom. The molecule has 0 N–H and O–H groups in total. The van der Waals surface area contributed by atoms with Gasteiger partial charge in [-0.3, -0.25) is 0 Å². The average Bonchev–Trinajstić information content (AvgIpc) is 2.98. The van der Waals surface area contributed by atoms with E-state index in [1.807, 2.05) is 0 Å². The summed E-state index contributed by atoms with van der Waals surface area (Å²) >= 11 is 0. The second-order valence-electron chi connectivity index (χ2n) is 11.6. The number of hydrogen-bond acceptors (Lipinski definition) is 3. The van der Waals surface area contributed by atoms with Crippen LogP contribution >= 0.6 is 0 Å². The van der Waals surface area contributed by atoms with Gasteiger partial charge < -0.3 is 14.2 Å². The van der Waals surface area contributed by atoms with Gasteiger partial charge in [0.2, 0.25) is 0 Å². The van der Waals surface area contributed by atoms with Gasteiger partial charge in [-0.2, -0.15) is 0 Å². The third-order valence-corrected chi connectivity index (χ3v) is 7.54. The summed E-state index contributed by atoms with van der Waals surface area (Å²) in [4.78, 5) is 0. The predicted molar refractivity (Wildman–Crippen MR) is 181 cm³/mol. The predicted octanol–water partition coefficient (Wildman–Crippen LogP) is 12.6. The van der Waals surface area contributed by atoms with Crippen LogP contribution in [-0.4, -0.2) is 25.8 Å². The van der Waals surface area contributed by atoms with E-state index in [0.717, 1.165) is 38.5 Å². The molecule has 2 atom stereocenters.